The first-order valence-corrected chi connectivity index (χ1v) is 31.3. The quantitative estimate of drug-likeness (QED) is 0.0153. The molecule has 0 aromatic rings. The molecule has 4 amide bonds. The molecule has 38 heteroatoms. The molecule has 0 aliphatic rings. The first-order chi connectivity index (χ1) is 44.4. The molecule has 0 aliphatic carbocycles. The number of amides is 4. The molecule has 37 N–H and O–H groups in total. The Morgan fingerprint density at radius 3 is 0.681 bits per heavy atom. The second kappa shape index (κ2) is 49.0. The Morgan fingerprint density at radius 2 is 0.479 bits per heavy atom. The van der Waals surface area contributed by atoms with Crippen LogP contribution in [0.3, 0.4) is 0 Å². The molecule has 0 saturated heterocycles. The van der Waals surface area contributed by atoms with E-state index in [1.54, 1.807) is 7.05 Å². The molecule has 38 nitrogen and oxygen atoms in total. The fraction of sp³-hybridized carbons (Fsp3) is 0.696. The van der Waals surface area contributed by atoms with E-state index in [0.717, 1.165) is 0 Å². The molecular formula is C56H109N29O9. The number of nitrogens with zero attached hydrogens (tertiary/aromatic N) is 8. The lowest BCUT2D eigenvalue weighted by Gasteiger charge is -2.27. The van der Waals surface area contributed by atoms with Gasteiger partial charge in [-0.25, -0.2) is 0 Å². The predicted molar refractivity (Wildman–Crippen MR) is 364 cm³/mol. The van der Waals surface area contributed by atoms with Crippen molar-refractivity contribution in [3.8, 4) is 0 Å². The molecule has 0 unspecified atom stereocenters. The van der Waals surface area contributed by atoms with Crippen molar-refractivity contribution >= 4 is 100 Å². The average molecular weight is 1330 g/mol. The molecule has 8 atom stereocenters. The summed E-state index contributed by atoms with van der Waals surface area (Å²) in [7, 11) is 1.58. The number of carbonyl (C=O) groups excluding carboxylic acids is 9. The largest absolute Gasteiger partial charge is 0.370 e. The fourth-order valence-corrected chi connectivity index (χ4v) is 9.68. The Hall–Kier alpha value is -9.65. The van der Waals surface area contributed by atoms with Gasteiger partial charge in [-0.05, 0) is 117 Å². The van der Waals surface area contributed by atoms with Crippen LogP contribution in [0.5, 0.6) is 0 Å². The third kappa shape index (κ3) is 42.4. The molecule has 0 bridgehead atoms. The Morgan fingerprint density at radius 1 is 0.287 bits per heavy atom. The first-order valence-electron chi connectivity index (χ1n) is 31.3. The Kier molecular flexibility index (Phi) is 44.0. The minimum absolute atomic E-state index is 0.00204. The zero-order chi connectivity index (χ0) is 71.1. The number of nitrogens with two attached hydrogens (primary N) is 16. The van der Waals surface area contributed by atoms with Gasteiger partial charge in [0.05, 0.1) is 30.7 Å². The standard InChI is InChI=1S/C56H109N29O9/c1-32(86)38(15-7-23-78-53(65)66)82-46(92)34(12-4-20-75-50(59)60)28-42(88)40(17-9-25-80-55(69)70)84-48(94)36(14-6-22-77-52(63)64)30-44(90)41(18-10-26-81-56(71)72)85-47(93)35(13-5-21-76-51(61)62)29-43(89)39(16-8-24-79-54(67)68)83-45(91)33(27-37(87)31-73-2)11-3-19-74-49(57)58/h33-36,38-41,73H,3-31H2,1-2H3,(H,82,92)(H,83,91)(H,84,94)(H,85,93)(H4,57,58,74)(H4,59,60,75)(H4,61,62,76)(H4,63,64,77)(H4,65,66,78)(H4,67,68,79)(H4,69,70,80)(H4,71,72,81)/t33-,34-,35-,36-,38+,39+,40+,41+/m0/s1. The normalized spacial score (nSPS) is 13.3. The number of guanidine groups is 8. The minimum Gasteiger partial charge on any atom is -0.370 e. The Bertz CT molecular complexity index is 2630. The number of likely N-dealkylation sites (N-methyl/N-ethyl adjacent to an activating group) is 1. The second-order valence-corrected chi connectivity index (χ2v) is 22.5. The molecule has 0 aliphatic heterocycles. The molecule has 0 aromatic carbocycles. The number of carbonyl (C=O) groups is 9. The van der Waals surface area contributed by atoms with Crippen molar-refractivity contribution in [3.63, 3.8) is 0 Å². The SMILES string of the molecule is CNCC(=O)C[C@H](CCCN=C(N)N)C(=O)N[C@H](CCCN=C(N)N)C(=O)C[C@H](CCCN=C(N)N)C(=O)N[C@H](CCCN=C(N)N)C(=O)C[C@H](CCCN=C(N)N)C(=O)N[C@H](CCCN=C(N)N)C(=O)C[C@H](CCCN=C(N)N)C(=O)N[C@H](CCCN=C(N)N)C(C)=O. The molecule has 94 heavy (non-hydrogen) atoms. The highest BCUT2D eigenvalue weighted by atomic mass is 16.2. The van der Waals surface area contributed by atoms with Crippen molar-refractivity contribution in [1.82, 2.24) is 26.6 Å². The van der Waals surface area contributed by atoms with Crippen LogP contribution in [0.25, 0.3) is 0 Å². The third-order valence-electron chi connectivity index (χ3n) is 14.4. The lowest BCUT2D eigenvalue weighted by molar-refractivity contribution is -0.136. The summed E-state index contributed by atoms with van der Waals surface area (Å²) in [5.74, 6) is -11.4. The summed E-state index contributed by atoms with van der Waals surface area (Å²) in [6, 6.07) is -4.85. The maximum absolute atomic E-state index is 14.9. The van der Waals surface area contributed by atoms with Crippen LogP contribution >= 0.6 is 0 Å². The molecule has 0 spiro atoms. The summed E-state index contributed by atoms with van der Waals surface area (Å²) < 4.78 is 0. The van der Waals surface area contributed by atoms with E-state index in [-0.39, 0.29) is 214 Å². The van der Waals surface area contributed by atoms with Crippen LogP contribution in [-0.4, -0.2) is 190 Å². The van der Waals surface area contributed by atoms with E-state index in [0.29, 0.717) is 12.8 Å². The number of ketones is 5. The number of hydrogen-bond acceptors (Lipinski definition) is 18. The van der Waals surface area contributed by atoms with Gasteiger partial charge in [0.1, 0.15) is 5.78 Å². The lowest BCUT2D eigenvalue weighted by atomic mass is 9.88. The van der Waals surface area contributed by atoms with Crippen LogP contribution in [0.4, 0.5) is 0 Å². The predicted octanol–water partition coefficient (Wildman–Crippen LogP) is -7.54. The van der Waals surface area contributed by atoms with E-state index in [4.69, 9.17) is 91.7 Å². The van der Waals surface area contributed by atoms with Crippen molar-refractivity contribution in [2.75, 3.05) is 66.0 Å². The number of Topliss-reactive ketones (excluding diaryl/α,β-unsaturated/α-hetero) is 5. The molecule has 0 rings (SSSR count). The minimum atomic E-state index is -1.35. The molecule has 0 fully saturated rings. The van der Waals surface area contributed by atoms with Gasteiger partial charge in [-0.2, -0.15) is 0 Å². The van der Waals surface area contributed by atoms with Gasteiger partial charge in [-0.1, -0.05) is 0 Å². The number of nitrogens with one attached hydrogen (secondary N) is 5. The lowest BCUT2D eigenvalue weighted by Crippen LogP contribution is -2.49. The molecule has 0 saturated carbocycles. The maximum Gasteiger partial charge on any atom is 0.224 e. The van der Waals surface area contributed by atoms with Crippen LogP contribution in [-0.2, 0) is 43.2 Å². The van der Waals surface area contributed by atoms with Gasteiger partial charge in [0, 0.05) is 102 Å². The summed E-state index contributed by atoms with van der Waals surface area (Å²) in [5, 5.41) is 13.9. The summed E-state index contributed by atoms with van der Waals surface area (Å²) >= 11 is 0. The topological polar surface area (TPSA) is 729 Å². The average Bonchev–Trinajstić information content (AvgIpc) is 0.918. The van der Waals surface area contributed by atoms with Gasteiger partial charge in [0.15, 0.2) is 70.8 Å². The molecular weight excluding hydrogens is 1220 g/mol. The van der Waals surface area contributed by atoms with E-state index in [9.17, 15) is 43.2 Å². The monoisotopic (exact) mass is 1330 g/mol. The van der Waals surface area contributed by atoms with Gasteiger partial charge >= 0.3 is 0 Å². The zero-order valence-corrected chi connectivity index (χ0v) is 54.6. The zero-order valence-electron chi connectivity index (χ0n) is 54.6. The van der Waals surface area contributed by atoms with Gasteiger partial charge in [-0.15, -0.1) is 0 Å². The summed E-state index contributed by atoms with van der Waals surface area (Å²) in [6.45, 7) is 1.86. The van der Waals surface area contributed by atoms with E-state index >= 15 is 0 Å². The van der Waals surface area contributed by atoms with Gasteiger partial charge in [0.25, 0.3) is 0 Å². The fourth-order valence-electron chi connectivity index (χ4n) is 9.68. The van der Waals surface area contributed by atoms with Crippen molar-refractivity contribution < 1.29 is 43.2 Å². The summed E-state index contributed by atoms with van der Waals surface area (Å²) in [6.07, 6.45) is 0.171. The van der Waals surface area contributed by atoms with Crippen LogP contribution in [0.2, 0.25) is 0 Å². The highest BCUT2D eigenvalue weighted by molar-refractivity contribution is 5.98. The molecule has 0 aromatic heterocycles. The van der Waals surface area contributed by atoms with Crippen molar-refractivity contribution in [2.45, 2.75) is 160 Å². The second-order valence-electron chi connectivity index (χ2n) is 22.5. The van der Waals surface area contributed by atoms with Crippen LogP contribution in [0, 0.1) is 23.7 Å². The van der Waals surface area contributed by atoms with Gasteiger partial charge in [0.2, 0.25) is 23.6 Å². The molecule has 0 heterocycles. The highest BCUT2D eigenvalue weighted by Gasteiger charge is 2.35. The van der Waals surface area contributed by atoms with Crippen molar-refractivity contribution in [3.05, 3.63) is 0 Å². The van der Waals surface area contributed by atoms with E-state index in [1.807, 2.05) is 0 Å². The van der Waals surface area contributed by atoms with Crippen molar-refractivity contribution in [2.24, 2.45) is 155 Å². The van der Waals surface area contributed by atoms with Crippen LogP contribution in [0.1, 0.15) is 135 Å². The van der Waals surface area contributed by atoms with E-state index in [1.165, 1.54) is 6.92 Å². The van der Waals surface area contributed by atoms with Gasteiger partial charge in [-0.3, -0.25) is 83.1 Å². The first kappa shape index (κ1) is 84.3. The van der Waals surface area contributed by atoms with Crippen LogP contribution < -0.4 is 118 Å². The van der Waals surface area contributed by atoms with Crippen LogP contribution in [0.15, 0.2) is 39.9 Å². The summed E-state index contributed by atoms with van der Waals surface area (Å²) in [4.78, 5) is 160. The molecule has 0 radical (unpaired) electrons. The van der Waals surface area contributed by atoms with E-state index in [2.05, 4.69) is 66.5 Å². The number of aliphatic imine (C=N–C) groups is 8. The third-order valence-corrected chi connectivity index (χ3v) is 14.4. The van der Waals surface area contributed by atoms with Gasteiger partial charge < -0.3 is 118 Å². The molecule has 532 valence electrons. The maximum atomic E-state index is 14.9. The smallest absolute Gasteiger partial charge is 0.224 e. The Balaban J connectivity index is 7.67. The van der Waals surface area contributed by atoms with E-state index < -0.39 is 108 Å². The Labute approximate surface area is 549 Å². The number of rotatable bonds is 54. The summed E-state index contributed by atoms with van der Waals surface area (Å²) in [5.41, 5.74) is 89.1. The highest BCUT2D eigenvalue weighted by Crippen LogP contribution is 2.23. The van der Waals surface area contributed by atoms with Crippen molar-refractivity contribution in [1.29, 1.82) is 0 Å². The number of hydrogen-bond donors (Lipinski definition) is 21.